The molecule has 6 nitrogen and oxygen atoms in total. The third-order valence-electron chi connectivity index (χ3n) is 6.51. The van der Waals surface area contributed by atoms with Crippen molar-refractivity contribution >= 4 is 40.0 Å². The van der Waals surface area contributed by atoms with Gasteiger partial charge in [-0.3, -0.25) is 0 Å². The molecule has 2 aromatic heterocycles. The van der Waals surface area contributed by atoms with Crippen molar-refractivity contribution in [2.75, 3.05) is 10.6 Å². The fourth-order valence-corrected chi connectivity index (χ4v) is 5.24. The van der Waals surface area contributed by atoms with E-state index in [1.165, 1.54) is 5.56 Å². The van der Waals surface area contributed by atoms with Gasteiger partial charge < -0.3 is 15.4 Å². The third-order valence-corrected chi connectivity index (χ3v) is 7.59. The fraction of sp³-hybridized carbons (Fsp3) is 0.0882. The average molecular weight is 556 g/mol. The van der Waals surface area contributed by atoms with Crippen LogP contribution in [0.1, 0.15) is 16.8 Å². The smallest absolute Gasteiger partial charge is 0.164 e. The first kappa shape index (κ1) is 26.3. The number of rotatable bonds is 10. The highest BCUT2D eigenvalue weighted by Gasteiger charge is 2.11. The van der Waals surface area contributed by atoms with Gasteiger partial charge in [0.1, 0.15) is 24.5 Å². The summed E-state index contributed by atoms with van der Waals surface area (Å²) in [5, 5.41) is 7.99. The molecule has 0 radical (unpaired) electrons. The fourth-order valence-electron chi connectivity index (χ4n) is 4.36. The van der Waals surface area contributed by atoms with E-state index in [-0.39, 0.29) is 0 Å². The summed E-state index contributed by atoms with van der Waals surface area (Å²) in [6, 6.07) is 39.1. The lowest BCUT2D eigenvalue weighted by Crippen LogP contribution is -2.02. The Morgan fingerprint density at radius 1 is 0.756 bits per heavy atom. The Labute approximate surface area is 243 Å². The molecule has 0 aliphatic heterocycles. The Bertz CT molecular complexity index is 1750. The zero-order chi connectivity index (χ0) is 27.9. The molecule has 2 heterocycles. The Balaban J connectivity index is 1.24. The molecule has 202 valence electrons. The van der Waals surface area contributed by atoms with Crippen LogP contribution in [0.4, 0.5) is 17.2 Å². The Morgan fingerprint density at radius 3 is 2.29 bits per heavy atom. The number of anilines is 3. The number of hydrogen-bond acceptors (Lipinski definition) is 7. The van der Waals surface area contributed by atoms with Gasteiger partial charge in [0.05, 0.1) is 11.1 Å². The number of nitrogens with zero attached hydrogens (tertiary/aromatic N) is 3. The van der Waals surface area contributed by atoms with Crippen LogP contribution in [0.5, 0.6) is 5.75 Å². The first-order valence-corrected chi connectivity index (χ1v) is 14.2. The first-order chi connectivity index (χ1) is 20.2. The topological polar surface area (TPSA) is 72.0 Å². The predicted octanol–water partition coefficient (Wildman–Crippen LogP) is 8.42. The van der Waals surface area contributed by atoms with Crippen LogP contribution < -0.4 is 15.4 Å². The monoisotopic (exact) mass is 555 g/mol. The van der Waals surface area contributed by atoms with Crippen LogP contribution in [0.3, 0.4) is 0 Å². The van der Waals surface area contributed by atoms with Crippen molar-refractivity contribution in [3.63, 3.8) is 0 Å². The molecule has 0 bridgehead atoms. The van der Waals surface area contributed by atoms with Crippen LogP contribution in [0.15, 0.2) is 131 Å². The van der Waals surface area contributed by atoms with Gasteiger partial charge >= 0.3 is 0 Å². The highest BCUT2D eigenvalue weighted by molar-refractivity contribution is 7.99. The molecule has 0 aliphatic rings. The Kier molecular flexibility index (Phi) is 8.05. The van der Waals surface area contributed by atoms with Crippen molar-refractivity contribution in [1.29, 1.82) is 0 Å². The number of nitrogens with one attached hydrogen (secondary N) is 2. The second kappa shape index (κ2) is 12.5. The molecule has 6 rings (SSSR count). The minimum atomic E-state index is 0.542. The Morgan fingerprint density at radius 2 is 1.51 bits per heavy atom. The van der Waals surface area contributed by atoms with Crippen LogP contribution in [0.25, 0.3) is 11.0 Å². The molecule has 0 atom stereocenters. The van der Waals surface area contributed by atoms with Gasteiger partial charge in [-0.25, -0.2) is 15.0 Å². The van der Waals surface area contributed by atoms with Crippen LogP contribution in [-0.4, -0.2) is 15.0 Å². The summed E-state index contributed by atoms with van der Waals surface area (Å²) in [5.41, 5.74) is 5.90. The quantitative estimate of drug-likeness (QED) is 0.176. The van der Waals surface area contributed by atoms with E-state index in [9.17, 15) is 0 Å². The molecular formula is C34H29N5OS. The second-order valence-corrected chi connectivity index (χ2v) is 10.7. The standard InChI is InChI=1S/C34H29N5OS/c1-24-12-18-30-33(38-24)36-23-37-34(30)39-31-20-27(35-21-25-8-4-2-5-9-25)13-19-32(31)41-29-16-14-28(15-17-29)40-22-26-10-6-3-7-11-26/h2-20,23,35H,21-22H2,1H3,(H,36,37,38,39). The molecule has 0 saturated carbocycles. The molecule has 7 heteroatoms. The number of pyridine rings is 1. The number of hydrogen-bond donors (Lipinski definition) is 2. The SMILES string of the molecule is Cc1ccc2c(Nc3cc(NCc4ccccc4)ccc3Sc3ccc(OCc4ccccc4)cc3)ncnc2n1. The molecule has 0 spiro atoms. The van der Waals surface area contributed by atoms with Crippen LogP contribution in [0.2, 0.25) is 0 Å². The second-order valence-electron chi connectivity index (χ2n) is 9.57. The Hall–Kier alpha value is -4.88. The summed E-state index contributed by atoms with van der Waals surface area (Å²) in [4.78, 5) is 15.7. The lowest BCUT2D eigenvalue weighted by Gasteiger charge is -2.16. The van der Waals surface area contributed by atoms with Gasteiger partial charge in [-0.1, -0.05) is 72.4 Å². The van der Waals surface area contributed by atoms with E-state index in [1.807, 2.05) is 55.5 Å². The van der Waals surface area contributed by atoms with Gasteiger partial charge in [0, 0.05) is 27.7 Å². The lowest BCUT2D eigenvalue weighted by atomic mass is 10.2. The van der Waals surface area contributed by atoms with Gasteiger partial charge in [-0.2, -0.15) is 0 Å². The van der Waals surface area contributed by atoms with E-state index in [4.69, 9.17) is 4.74 Å². The molecule has 6 aromatic rings. The van der Waals surface area contributed by atoms with Crippen LogP contribution >= 0.6 is 11.8 Å². The number of benzene rings is 4. The highest BCUT2D eigenvalue weighted by Crippen LogP contribution is 2.38. The largest absolute Gasteiger partial charge is 0.489 e. The summed E-state index contributed by atoms with van der Waals surface area (Å²) in [6.45, 7) is 3.24. The minimum absolute atomic E-state index is 0.542. The maximum atomic E-state index is 5.98. The van der Waals surface area contributed by atoms with Gasteiger partial charge in [0.15, 0.2) is 5.65 Å². The van der Waals surface area contributed by atoms with E-state index in [1.54, 1.807) is 18.1 Å². The molecule has 0 amide bonds. The molecule has 2 N–H and O–H groups in total. The van der Waals surface area contributed by atoms with Crippen LogP contribution in [0, 0.1) is 6.92 Å². The van der Waals surface area contributed by atoms with Crippen molar-refractivity contribution in [1.82, 2.24) is 15.0 Å². The minimum Gasteiger partial charge on any atom is -0.489 e. The number of aryl methyl sites for hydroxylation is 1. The van der Waals surface area contributed by atoms with Gasteiger partial charge in [0.25, 0.3) is 0 Å². The van der Waals surface area contributed by atoms with Crippen molar-refractivity contribution < 1.29 is 4.74 Å². The summed E-state index contributed by atoms with van der Waals surface area (Å²) in [6.07, 6.45) is 1.55. The van der Waals surface area contributed by atoms with E-state index in [2.05, 4.69) is 92.3 Å². The molecule has 0 unspecified atom stereocenters. The summed E-state index contributed by atoms with van der Waals surface area (Å²) < 4.78 is 5.98. The summed E-state index contributed by atoms with van der Waals surface area (Å²) in [5.74, 6) is 1.56. The maximum Gasteiger partial charge on any atom is 0.164 e. The molecule has 0 saturated heterocycles. The lowest BCUT2D eigenvalue weighted by molar-refractivity contribution is 0.306. The van der Waals surface area contributed by atoms with Gasteiger partial charge in [0.2, 0.25) is 0 Å². The number of aromatic nitrogens is 3. The number of fused-ring (bicyclic) bond motifs is 1. The molecule has 41 heavy (non-hydrogen) atoms. The first-order valence-electron chi connectivity index (χ1n) is 13.4. The van der Waals surface area contributed by atoms with Crippen molar-refractivity contribution in [3.8, 4) is 5.75 Å². The summed E-state index contributed by atoms with van der Waals surface area (Å²) >= 11 is 1.68. The van der Waals surface area contributed by atoms with Gasteiger partial charge in [-0.15, -0.1) is 0 Å². The van der Waals surface area contributed by atoms with Crippen LogP contribution in [-0.2, 0) is 13.2 Å². The summed E-state index contributed by atoms with van der Waals surface area (Å²) in [7, 11) is 0. The van der Waals surface area contributed by atoms with Gasteiger partial charge in [-0.05, 0) is 72.6 Å². The van der Waals surface area contributed by atoms with Crippen molar-refractivity contribution in [3.05, 3.63) is 138 Å². The normalized spacial score (nSPS) is 10.9. The van der Waals surface area contributed by atoms with E-state index >= 15 is 0 Å². The third kappa shape index (κ3) is 6.83. The van der Waals surface area contributed by atoms with E-state index in [0.29, 0.717) is 18.1 Å². The molecule has 0 fully saturated rings. The molecular weight excluding hydrogens is 526 g/mol. The van der Waals surface area contributed by atoms with E-state index < -0.39 is 0 Å². The highest BCUT2D eigenvalue weighted by atomic mass is 32.2. The molecule has 4 aromatic carbocycles. The average Bonchev–Trinajstić information content (AvgIpc) is 3.02. The van der Waals surface area contributed by atoms with Crippen molar-refractivity contribution in [2.45, 2.75) is 29.9 Å². The zero-order valence-corrected chi connectivity index (χ0v) is 23.4. The van der Waals surface area contributed by atoms with E-state index in [0.717, 1.165) is 50.1 Å². The van der Waals surface area contributed by atoms with Crippen molar-refractivity contribution in [2.24, 2.45) is 0 Å². The number of ether oxygens (including phenoxy) is 1. The molecule has 0 aliphatic carbocycles. The maximum absolute atomic E-state index is 5.98. The zero-order valence-electron chi connectivity index (χ0n) is 22.6. The predicted molar refractivity (Wildman–Crippen MR) is 167 cm³/mol.